The molecule has 1 atom stereocenters. The van der Waals surface area contributed by atoms with Crippen LogP contribution in [0.3, 0.4) is 0 Å². The highest BCUT2D eigenvalue weighted by molar-refractivity contribution is 5.32. The summed E-state index contributed by atoms with van der Waals surface area (Å²) in [5, 5.41) is 10.1. The maximum absolute atomic E-state index is 10.1. The molecule has 2 aromatic rings. The normalized spacial score (nSPS) is 12.4. The van der Waals surface area contributed by atoms with Crippen LogP contribution in [0.5, 0.6) is 5.75 Å². The second-order valence-electron chi connectivity index (χ2n) is 5.14. The van der Waals surface area contributed by atoms with Gasteiger partial charge in [-0.15, -0.1) is 0 Å². The summed E-state index contributed by atoms with van der Waals surface area (Å²) in [6.45, 7) is 6.92. The molecule has 1 N–H and O–H groups in total. The van der Waals surface area contributed by atoms with Gasteiger partial charge in [0.25, 0.3) is 0 Å². The molecule has 1 aromatic heterocycles. The number of nitrogens with zero attached hydrogens (tertiary/aromatic N) is 2. The molecule has 0 fully saturated rings. The topological polar surface area (TPSA) is 47.3 Å². The Bertz CT molecular complexity index is 543. The summed E-state index contributed by atoms with van der Waals surface area (Å²) in [6.07, 6.45) is 3.96. The number of ether oxygens (including phenoxy) is 1. The van der Waals surface area contributed by atoms with Crippen molar-refractivity contribution in [3.63, 3.8) is 0 Å². The number of rotatable bonds is 6. The van der Waals surface area contributed by atoms with Gasteiger partial charge in [0.1, 0.15) is 24.3 Å². The summed E-state index contributed by atoms with van der Waals surface area (Å²) < 4.78 is 7.64. The molecule has 0 saturated heterocycles. The molecule has 108 valence electrons. The molecular weight excluding hydrogens is 252 g/mol. The van der Waals surface area contributed by atoms with Gasteiger partial charge in [-0.05, 0) is 37.1 Å². The molecule has 0 aliphatic carbocycles. The van der Waals surface area contributed by atoms with Gasteiger partial charge in [0.05, 0.1) is 6.54 Å². The van der Waals surface area contributed by atoms with Gasteiger partial charge in [-0.1, -0.05) is 13.0 Å². The minimum Gasteiger partial charge on any atom is -0.491 e. The van der Waals surface area contributed by atoms with E-state index in [2.05, 4.69) is 18.0 Å². The van der Waals surface area contributed by atoms with E-state index >= 15 is 0 Å². The Labute approximate surface area is 120 Å². The SMILES string of the molecule is CCc1nccn1CC(O)COc1cc(C)cc(C)c1. The van der Waals surface area contributed by atoms with Crippen molar-refractivity contribution in [3.05, 3.63) is 47.5 Å². The lowest BCUT2D eigenvalue weighted by atomic mass is 10.1. The van der Waals surface area contributed by atoms with Crippen molar-refractivity contribution >= 4 is 0 Å². The van der Waals surface area contributed by atoms with Crippen LogP contribution < -0.4 is 4.74 Å². The van der Waals surface area contributed by atoms with Crippen LogP contribution in [0, 0.1) is 13.8 Å². The van der Waals surface area contributed by atoms with Crippen LogP contribution in [0.25, 0.3) is 0 Å². The number of aryl methyl sites for hydroxylation is 3. The van der Waals surface area contributed by atoms with Gasteiger partial charge >= 0.3 is 0 Å². The molecule has 1 heterocycles. The van der Waals surface area contributed by atoms with Gasteiger partial charge in [-0.25, -0.2) is 4.98 Å². The van der Waals surface area contributed by atoms with Gasteiger partial charge in [-0.2, -0.15) is 0 Å². The van der Waals surface area contributed by atoms with E-state index in [-0.39, 0.29) is 6.61 Å². The highest BCUT2D eigenvalue weighted by atomic mass is 16.5. The Morgan fingerprint density at radius 1 is 1.25 bits per heavy atom. The zero-order valence-corrected chi connectivity index (χ0v) is 12.3. The van der Waals surface area contributed by atoms with Crippen molar-refractivity contribution in [1.82, 2.24) is 9.55 Å². The predicted octanol–water partition coefficient (Wildman–Crippen LogP) is 2.50. The molecule has 0 amide bonds. The molecule has 4 heteroatoms. The van der Waals surface area contributed by atoms with Crippen LogP contribution in [0.4, 0.5) is 0 Å². The van der Waals surface area contributed by atoms with Crippen LogP contribution >= 0.6 is 0 Å². The van der Waals surface area contributed by atoms with E-state index in [4.69, 9.17) is 4.74 Å². The van der Waals surface area contributed by atoms with Crippen LogP contribution in [-0.4, -0.2) is 27.4 Å². The number of imidazole rings is 1. The summed E-state index contributed by atoms with van der Waals surface area (Å²) in [7, 11) is 0. The quantitative estimate of drug-likeness (QED) is 0.880. The smallest absolute Gasteiger partial charge is 0.119 e. The van der Waals surface area contributed by atoms with Crippen molar-refractivity contribution in [1.29, 1.82) is 0 Å². The molecule has 0 bridgehead atoms. The monoisotopic (exact) mass is 274 g/mol. The van der Waals surface area contributed by atoms with Crippen LogP contribution in [-0.2, 0) is 13.0 Å². The molecule has 1 aromatic carbocycles. The van der Waals surface area contributed by atoms with E-state index in [9.17, 15) is 5.11 Å². The molecule has 20 heavy (non-hydrogen) atoms. The molecule has 2 rings (SSSR count). The molecule has 0 aliphatic rings. The van der Waals surface area contributed by atoms with Crippen LogP contribution in [0.15, 0.2) is 30.6 Å². The minimum absolute atomic E-state index is 0.282. The van der Waals surface area contributed by atoms with E-state index in [1.807, 2.05) is 36.7 Å². The van der Waals surface area contributed by atoms with Gasteiger partial charge in [0.2, 0.25) is 0 Å². The minimum atomic E-state index is -0.546. The summed E-state index contributed by atoms with van der Waals surface area (Å²) in [6, 6.07) is 6.06. The van der Waals surface area contributed by atoms with Crippen molar-refractivity contribution in [3.8, 4) is 5.75 Å². The first-order valence-corrected chi connectivity index (χ1v) is 6.97. The number of aliphatic hydroxyl groups excluding tert-OH is 1. The summed E-state index contributed by atoms with van der Waals surface area (Å²) >= 11 is 0. The number of hydrogen-bond donors (Lipinski definition) is 1. The number of hydrogen-bond acceptors (Lipinski definition) is 3. The highest BCUT2D eigenvalue weighted by Gasteiger charge is 2.09. The third-order valence-corrected chi connectivity index (χ3v) is 3.16. The highest BCUT2D eigenvalue weighted by Crippen LogP contribution is 2.16. The average molecular weight is 274 g/mol. The van der Waals surface area contributed by atoms with Crippen molar-refractivity contribution in [2.45, 2.75) is 39.8 Å². The van der Waals surface area contributed by atoms with Crippen molar-refractivity contribution < 1.29 is 9.84 Å². The molecule has 4 nitrogen and oxygen atoms in total. The van der Waals surface area contributed by atoms with Gasteiger partial charge < -0.3 is 14.4 Å². The fourth-order valence-electron chi connectivity index (χ4n) is 2.31. The first-order valence-electron chi connectivity index (χ1n) is 6.97. The number of aromatic nitrogens is 2. The van der Waals surface area contributed by atoms with Crippen molar-refractivity contribution in [2.75, 3.05) is 6.61 Å². The Balaban J connectivity index is 1.90. The molecule has 1 unspecified atom stereocenters. The lowest BCUT2D eigenvalue weighted by Gasteiger charge is -2.15. The molecule has 0 spiro atoms. The largest absolute Gasteiger partial charge is 0.491 e. The first-order chi connectivity index (χ1) is 9.58. The molecule has 0 radical (unpaired) electrons. The molecular formula is C16H22N2O2. The predicted molar refractivity (Wildman–Crippen MR) is 79.0 cm³/mol. The van der Waals surface area contributed by atoms with E-state index in [0.29, 0.717) is 6.54 Å². The summed E-state index contributed by atoms with van der Waals surface area (Å²) in [5.41, 5.74) is 2.33. The fraction of sp³-hybridized carbons (Fsp3) is 0.438. The van der Waals surface area contributed by atoms with Crippen LogP contribution in [0.2, 0.25) is 0 Å². The summed E-state index contributed by atoms with van der Waals surface area (Å²) in [5.74, 6) is 1.79. The van der Waals surface area contributed by atoms with Crippen LogP contribution in [0.1, 0.15) is 23.9 Å². The average Bonchev–Trinajstić information content (AvgIpc) is 2.82. The third-order valence-electron chi connectivity index (χ3n) is 3.16. The number of aliphatic hydroxyl groups is 1. The second-order valence-corrected chi connectivity index (χ2v) is 5.14. The number of benzene rings is 1. The van der Waals surface area contributed by atoms with Crippen molar-refractivity contribution in [2.24, 2.45) is 0 Å². The van der Waals surface area contributed by atoms with Gasteiger partial charge in [0, 0.05) is 18.8 Å². The lowest BCUT2D eigenvalue weighted by Crippen LogP contribution is -2.24. The second kappa shape index (κ2) is 6.57. The lowest BCUT2D eigenvalue weighted by molar-refractivity contribution is 0.0917. The van der Waals surface area contributed by atoms with Gasteiger partial charge in [0.15, 0.2) is 0 Å². The Morgan fingerprint density at radius 3 is 2.60 bits per heavy atom. The van der Waals surface area contributed by atoms with E-state index in [0.717, 1.165) is 29.1 Å². The van der Waals surface area contributed by atoms with Gasteiger partial charge in [-0.3, -0.25) is 0 Å². The molecule has 0 aliphatic heterocycles. The maximum atomic E-state index is 10.1. The van der Waals surface area contributed by atoms with E-state index in [1.54, 1.807) is 6.20 Å². The third kappa shape index (κ3) is 3.84. The summed E-state index contributed by atoms with van der Waals surface area (Å²) in [4.78, 5) is 4.24. The zero-order chi connectivity index (χ0) is 14.5. The maximum Gasteiger partial charge on any atom is 0.119 e. The Morgan fingerprint density at radius 2 is 1.95 bits per heavy atom. The standard InChI is InChI=1S/C16H22N2O2/c1-4-16-17-5-6-18(16)10-14(19)11-20-15-8-12(2)7-13(3)9-15/h5-9,14,19H,4,10-11H2,1-3H3. The fourth-order valence-corrected chi connectivity index (χ4v) is 2.31. The first kappa shape index (κ1) is 14.6. The zero-order valence-electron chi connectivity index (χ0n) is 12.3. The Kier molecular flexibility index (Phi) is 4.79. The Hall–Kier alpha value is -1.81. The van der Waals surface area contributed by atoms with E-state index in [1.165, 1.54) is 0 Å². The molecule has 0 saturated carbocycles. The van der Waals surface area contributed by atoms with E-state index < -0.39 is 6.10 Å².